The van der Waals surface area contributed by atoms with Gasteiger partial charge in [-0.15, -0.1) is 11.3 Å². The summed E-state index contributed by atoms with van der Waals surface area (Å²) in [5, 5.41) is 8.21. The Bertz CT molecular complexity index is 1060. The number of hydrogen-bond donors (Lipinski definition) is 1. The van der Waals surface area contributed by atoms with Crippen molar-refractivity contribution in [3.05, 3.63) is 53.3 Å². The summed E-state index contributed by atoms with van der Waals surface area (Å²) in [6, 6.07) is 9.30. The largest absolute Gasteiger partial charge is 0.497 e. The number of ether oxygens (including phenoxy) is 1. The average molecular weight is 354 g/mol. The van der Waals surface area contributed by atoms with Crippen molar-refractivity contribution in [2.75, 3.05) is 12.4 Å². The number of carbonyl (C=O) groups excluding carboxylic acids is 1. The second-order valence-corrected chi connectivity index (χ2v) is 6.25. The molecule has 4 aromatic rings. The van der Waals surface area contributed by atoms with Crippen molar-refractivity contribution in [1.29, 1.82) is 0 Å². The summed E-state index contributed by atoms with van der Waals surface area (Å²) in [5.41, 5.74) is 2.88. The van der Waals surface area contributed by atoms with E-state index < -0.39 is 0 Å². The number of nitrogens with one attached hydrogen (secondary N) is 1. The SMILES string of the molecule is COc1cccc(-c2cn3c(C(=O)Nc4cc(C)no4)csc3n2)c1. The van der Waals surface area contributed by atoms with Gasteiger partial charge in [-0.1, -0.05) is 17.3 Å². The van der Waals surface area contributed by atoms with Crippen LogP contribution in [0.25, 0.3) is 16.2 Å². The number of amides is 1. The second kappa shape index (κ2) is 6.06. The molecule has 25 heavy (non-hydrogen) atoms. The monoisotopic (exact) mass is 354 g/mol. The number of carbonyl (C=O) groups is 1. The molecule has 0 radical (unpaired) electrons. The molecule has 0 spiro atoms. The predicted octanol–water partition coefficient (Wildman–Crippen LogP) is 3.62. The normalized spacial score (nSPS) is 11.0. The maximum atomic E-state index is 12.5. The van der Waals surface area contributed by atoms with Crippen molar-refractivity contribution < 1.29 is 14.1 Å². The molecule has 0 aliphatic heterocycles. The average Bonchev–Trinajstić information content (AvgIpc) is 3.30. The quantitative estimate of drug-likeness (QED) is 0.605. The van der Waals surface area contributed by atoms with Gasteiger partial charge in [-0.05, 0) is 19.1 Å². The third-order valence-corrected chi connectivity index (χ3v) is 4.51. The molecule has 1 aromatic carbocycles. The van der Waals surface area contributed by atoms with Gasteiger partial charge in [0.15, 0.2) is 4.96 Å². The van der Waals surface area contributed by atoms with Gasteiger partial charge in [0.05, 0.1) is 18.5 Å². The zero-order valence-electron chi connectivity index (χ0n) is 13.5. The van der Waals surface area contributed by atoms with E-state index in [2.05, 4.69) is 15.5 Å². The molecule has 0 bridgehead atoms. The standard InChI is InChI=1S/C17H14N4O3S/c1-10-6-15(24-20-10)19-16(22)14-9-25-17-18-13(8-21(14)17)11-4-3-5-12(7-11)23-2/h3-9H,1-2H3,(H,19,22). The Morgan fingerprint density at radius 2 is 2.24 bits per heavy atom. The Labute approximate surface area is 146 Å². The van der Waals surface area contributed by atoms with E-state index in [0.29, 0.717) is 17.3 Å². The van der Waals surface area contributed by atoms with Crippen molar-refractivity contribution >= 4 is 28.1 Å². The molecule has 1 amide bonds. The van der Waals surface area contributed by atoms with Crippen LogP contribution in [0.5, 0.6) is 5.75 Å². The lowest BCUT2D eigenvalue weighted by atomic mass is 10.1. The number of hydrogen-bond acceptors (Lipinski definition) is 6. The summed E-state index contributed by atoms with van der Waals surface area (Å²) in [7, 11) is 1.62. The van der Waals surface area contributed by atoms with Gasteiger partial charge in [0.25, 0.3) is 5.91 Å². The first-order valence-corrected chi connectivity index (χ1v) is 8.37. The summed E-state index contributed by atoms with van der Waals surface area (Å²) in [5.74, 6) is 0.791. The van der Waals surface area contributed by atoms with E-state index in [9.17, 15) is 4.79 Å². The van der Waals surface area contributed by atoms with Crippen LogP contribution < -0.4 is 10.1 Å². The molecular weight excluding hydrogens is 340 g/mol. The molecule has 0 atom stereocenters. The number of methoxy groups -OCH3 is 1. The number of rotatable bonds is 4. The van der Waals surface area contributed by atoms with Crippen molar-refractivity contribution in [1.82, 2.24) is 14.5 Å². The smallest absolute Gasteiger partial charge is 0.275 e. The van der Waals surface area contributed by atoms with Crippen LogP contribution in [0.2, 0.25) is 0 Å². The fraction of sp³-hybridized carbons (Fsp3) is 0.118. The molecule has 0 saturated heterocycles. The minimum Gasteiger partial charge on any atom is -0.497 e. The lowest BCUT2D eigenvalue weighted by molar-refractivity contribution is 0.101. The summed E-state index contributed by atoms with van der Waals surface area (Å²) in [6.45, 7) is 1.79. The third kappa shape index (κ3) is 2.87. The highest BCUT2D eigenvalue weighted by atomic mass is 32.1. The number of fused-ring (bicyclic) bond motifs is 1. The Morgan fingerprint density at radius 3 is 3.00 bits per heavy atom. The van der Waals surface area contributed by atoms with E-state index >= 15 is 0 Å². The molecule has 0 fully saturated rings. The molecule has 0 unspecified atom stereocenters. The lowest BCUT2D eigenvalue weighted by Gasteiger charge is -2.01. The molecule has 1 N–H and O–H groups in total. The van der Waals surface area contributed by atoms with Crippen LogP contribution in [0.4, 0.5) is 5.88 Å². The van der Waals surface area contributed by atoms with E-state index in [1.807, 2.05) is 30.5 Å². The summed E-state index contributed by atoms with van der Waals surface area (Å²) < 4.78 is 12.0. The van der Waals surface area contributed by atoms with Gasteiger partial charge in [-0.3, -0.25) is 14.5 Å². The second-order valence-electron chi connectivity index (χ2n) is 5.42. The fourth-order valence-corrected chi connectivity index (χ4v) is 3.32. The summed E-state index contributed by atoms with van der Waals surface area (Å²) in [6.07, 6.45) is 1.83. The van der Waals surface area contributed by atoms with Crippen LogP contribution >= 0.6 is 11.3 Å². The summed E-state index contributed by atoms with van der Waals surface area (Å²) in [4.78, 5) is 17.8. The minimum atomic E-state index is -0.281. The molecule has 4 rings (SSSR count). The van der Waals surface area contributed by atoms with Crippen LogP contribution in [0.3, 0.4) is 0 Å². The highest BCUT2D eigenvalue weighted by Gasteiger charge is 2.17. The van der Waals surface area contributed by atoms with Crippen LogP contribution in [0.15, 0.2) is 46.4 Å². The van der Waals surface area contributed by atoms with Gasteiger partial charge in [0, 0.05) is 23.2 Å². The van der Waals surface area contributed by atoms with Gasteiger partial charge < -0.3 is 9.26 Å². The maximum Gasteiger partial charge on any atom is 0.275 e. The van der Waals surface area contributed by atoms with Crippen LogP contribution in [0, 0.1) is 6.92 Å². The van der Waals surface area contributed by atoms with Crippen LogP contribution in [0.1, 0.15) is 16.2 Å². The number of thiazole rings is 1. The highest BCUT2D eigenvalue weighted by molar-refractivity contribution is 7.15. The van der Waals surface area contributed by atoms with E-state index in [0.717, 1.165) is 22.0 Å². The van der Waals surface area contributed by atoms with Gasteiger partial charge in [0.1, 0.15) is 11.4 Å². The Hall–Kier alpha value is -3.13. The first-order chi connectivity index (χ1) is 12.1. The Balaban J connectivity index is 1.67. The maximum absolute atomic E-state index is 12.5. The third-order valence-electron chi connectivity index (χ3n) is 3.67. The van der Waals surface area contributed by atoms with E-state index in [1.165, 1.54) is 11.3 Å². The number of imidazole rings is 1. The predicted molar refractivity (Wildman–Crippen MR) is 94.3 cm³/mol. The first-order valence-electron chi connectivity index (χ1n) is 7.50. The van der Waals surface area contributed by atoms with E-state index in [-0.39, 0.29) is 5.91 Å². The number of aromatic nitrogens is 3. The van der Waals surface area contributed by atoms with Gasteiger partial charge in [-0.25, -0.2) is 4.98 Å². The zero-order chi connectivity index (χ0) is 17.4. The number of aryl methyl sites for hydroxylation is 1. The number of nitrogens with zero attached hydrogens (tertiary/aromatic N) is 3. The molecule has 126 valence electrons. The van der Waals surface area contributed by atoms with E-state index in [1.54, 1.807) is 29.9 Å². The molecule has 0 saturated carbocycles. The minimum absolute atomic E-state index is 0.281. The fourth-order valence-electron chi connectivity index (χ4n) is 2.47. The van der Waals surface area contributed by atoms with Crippen molar-refractivity contribution in [3.63, 3.8) is 0 Å². The van der Waals surface area contributed by atoms with Gasteiger partial charge >= 0.3 is 0 Å². The van der Waals surface area contributed by atoms with Crippen LogP contribution in [-0.2, 0) is 0 Å². The highest BCUT2D eigenvalue weighted by Crippen LogP contribution is 2.26. The zero-order valence-corrected chi connectivity index (χ0v) is 14.3. The Kier molecular flexibility index (Phi) is 3.73. The van der Waals surface area contributed by atoms with Gasteiger partial charge in [-0.2, -0.15) is 0 Å². The topological polar surface area (TPSA) is 81.7 Å². The molecular formula is C17H14N4O3S. The molecule has 8 heteroatoms. The molecule has 0 aliphatic rings. The molecule has 3 heterocycles. The van der Waals surface area contributed by atoms with Crippen molar-refractivity contribution in [2.24, 2.45) is 0 Å². The van der Waals surface area contributed by atoms with E-state index in [4.69, 9.17) is 9.26 Å². The van der Waals surface area contributed by atoms with Crippen LogP contribution in [-0.4, -0.2) is 27.6 Å². The van der Waals surface area contributed by atoms with Gasteiger partial charge in [0.2, 0.25) is 5.88 Å². The Morgan fingerprint density at radius 1 is 1.36 bits per heavy atom. The molecule has 3 aromatic heterocycles. The number of anilines is 1. The molecule has 7 nitrogen and oxygen atoms in total. The number of benzene rings is 1. The summed E-state index contributed by atoms with van der Waals surface area (Å²) >= 11 is 1.40. The first kappa shape index (κ1) is 15.4. The van der Waals surface area contributed by atoms with Crippen molar-refractivity contribution in [2.45, 2.75) is 6.92 Å². The lowest BCUT2D eigenvalue weighted by Crippen LogP contribution is -2.13. The molecule has 0 aliphatic carbocycles. The van der Waals surface area contributed by atoms with Crippen molar-refractivity contribution in [3.8, 4) is 17.0 Å².